The molecule has 1 aromatic rings. The average molecular weight is 199 g/mol. The second-order valence-corrected chi connectivity index (χ2v) is 0.761. The molecule has 1 rings (SSSR count). The van der Waals surface area contributed by atoms with Gasteiger partial charge in [0, 0.05) is 12.4 Å². The van der Waals surface area contributed by atoms with Gasteiger partial charge < -0.3 is 4.98 Å². The fraction of sp³-hybridized carbons (Fsp3) is 0.250. The predicted octanol–water partition coefficient (Wildman–Crippen LogP) is 1.84. The molecule has 0 fully saturated rings. The maximum atomic E-state index is 3.67. The summed E-state index contributed by atoms with van der Waals surface area (Å²) in [7, 11) is 0. The molecule has 0 aliphatic carbocycles. The molecule has 0 atom stereocenters. The van der Waals surface area contributed by atoms with Gasteiger partial charge in [0.05, 0.1) is 6.33 Å². The quantitative estimate of drug-likeness (QED) is 0.635. The topological polar surface area (TPSA) is 28.7 Å². The van der Waals surface area contributed by atoms with Gasteiger partial charge in [-0.1, -0.05) is 15.9 Å². The number of alkyl halides is 1. The SMILES string of the molecule is CBr.Cl.c1c[nH]cn1. The number of H-pyrrole nitrogens is 1. The third-order valence-corrected chi connectivity index (χ3v) is 0.406. The van der Waals surface area contributed by atoms with Crippen molar-refractivity contribution in [1.82, 2.24) is 9.97 Å². The number of nitrogens with one attached hydrogen (secondary N) is 1. The van der Waals surface area contributed by atoms with Gasteiger partial charge in [0.1, 0.15) is 0 Å². The zero-order valence-corrected chi connectivity index (χ0v) is 6.87. The molecule has 0 saturated carbocycles. The highest BCUT2D eigenvalue weighted by Gasteiger charge is 1.56. The van der Waals surface area contributed by atoms with Crippen LogP contribution in [0, 0.1) is 0 Å². The van der Waals surface area contributed by atoms with Crippen LogP contribution in [0.5, 0.6) is 0 Å². The van der Waals surface area contributed by atoms with E-state index in [4.69, 9.17) is 0 Å². The number of imidazole rings is 1. The summed E-state index contributed by atoms with van der Waals surface area (Å²) in [5, 5.41) is 0. The van der Waals surface area contributed by atoms with Crippen LogP contribution >= 0.6 is 28.3 Å². The molecule has 0 amide bonds. The van der Waals surface area contributed by atoms with Crippen LogP contribution in [0.25, 0.3) is 0 Å². The van der Waals surface area contributed by atoms with Crippen LogP contribution < -0.4 is 0 Å². The van der Waals surface area contributed by atoms with Crippen molar-refractivity contribution in [3.8, 4) is 0 Å². The summed E-state index contributed by atoms with van der Waals surface area (Å²) in [6.07, 6.45) is 5.08. The van der Waals surface area contributed by atoms with Gasteiger partial charge in [0.15, 0.2) is 0 Å². The maximum absolute atomic E-state index is 3.67. The molecule has 0 spiro atoms. The molecular formula is C4H8BrClN2. The van der Waals surface area contributed by atoms with E-state index in [1.807, 2.05) is 5.83 Å². The Bertz CT molecular complexity index is 70.5. The number of hydrogen-bond donors (Lipinski definition) is 1. The van der Waals surface area contributed by atoms with Crippen LogP contribution in [0.15, 0.2) is 18.7 Å². The van der Waals surface area contributed by atoms with E-state index in [0.717, 1.165) is 0 Å². The van der Waals surface area contributed by atoms with Crippen molar-refractivity contribution in [3.05, 3.63) is 18.7 Å². The first-order valence-corrected chi connectivity index (χ1v) is 3.39. The third kappa shape index (κ3) is 5.98. The minimum Gasteiger partial charge on any atom is -0.351 e. The Morgan fingerprint density at radius 2 is 2.12 bits per heavy atom. The van der Waals surface area contributed by atoms with E-state index >= 15 is 0 Å². The number of nitrogens with zero attached hydrogens (tertiary/aromatic N) is 1. The summed E-state index contributed by atoms with van der Waals surface area (Å²) >= 11 is 2.94. The van der Waals surface area contributed by atoms with E-state index in [1.165, 1.54) is 0 Å². The van der Waals surface area contributed by atoms with Crippen LogP contribution in [-0.4, -0.2) is 15.8 Å². The molecule has 0 radical (unpaired) electrons. The van der Waals surface area contributed by atoms with Gasteiger partial charge in [-0.2, -0.15) is 0 Å². The zero-order valence-electron chi connectivity index (χ0n) is 4.47. The largest absolute Gasteiger partial charge is 0.351 e. The lowest BCUT2D eigenvalue weighted by Gasteiger charge is -1.46. The maximum Gasteiger partial charge on any atom is 0.0919 e. The van der Waals surface area contributed by atoms with Gasteiger partial charge in [-0.05, 0) is 5.83 Å². The van der Waals surface area contributed by atoms with Gasteiger partial charge in [-0.15, -0.1) is 12.4 Å². The van der Waals surface area contributed by atoms with E-state index in [2.05, 4.69) is 25.9 Å². The molecule has 0 aliphatic heterocycles. The van der Waals surface area contributed by atoms with Crippen molar-refractivity contribution in [3.63, 3.8) is 0 Å². The molecule has 8 heavy (non-hydrogen) atoms. The molecule has 0 unspecified atom stereocenters. The highest BCUT2D eigenvalue weighted by atomic mass is 79.9. The van der Waals surface area contributed by atoms with Crippen molar-refractivity contribution in [2.45, 2.75) is 0 Å². The summed E-state index contributed by atoms with van der Waals surface area (Å²) in [6, 6.07) is 0. The summed E-state index contributed by atoms with van der Waals surface area (Å²) in [5.41, 5.74) is 0. The smallest absolute Gasteiger partial charge is 0.0919 e. The van der Waals surface area contributed by atoms with Crippen LogP contribution in [0.3, 0.4) is 0 Å². The summed E-state index contributed by atoms with van der Waals surface area (Å²) in [5.74, 6) is 1.81. The number of rotatable bonds is 0. The molecule has 0 aromatic carbocycles. The first kappa shape index (κ1) is 10.9. The van der Waals surface area contributed by atoms with Gasteiger partial charge in [-0.3, -0.25) is 0 Å². The highest BCUT2D eigenvalue weighted by molar-refractivity contribution is 9.08. The van der Waals surface area contributed by atoms with Gasteiger partial charge >= 0.3 is 0 Å². The van der Waals surface area contributed by atoms with Crippen molar-refractivity contribution in [2.75, 3.05) is 5.83 Å². The molecule has 0 aliphatic rings. The van der Waals surface area contributed by atoms with Crippen LogP contribution in [0.4, 0.5) is 0 Å². The monoisotopic (exact) mass is 198 g/mol. The predicted molar refractivity (Wildman–Crippen MR) is 40.7 cm³/mol. The van der Waals surface area contributed by atoms with Crippen LogP contribution in [0.2, 0.25) is 0 Å². The standard InChI is InChI=1S/C3H4N2.CH3Br.ClH/c1-2-5-3-4-1;1-2;/h1-3H,(H,4,5);1H3;1H. The minimum atomic E-state index is 0. The van der Waals surface area contributed by atoms with Gasteiger partial charge in [0.2, 0.25) is 0 Å². The lowest BCUT2D eigenvalue weighted by atomic mass is 11.0. The number of aromatic amines is 1. The Balaban J connectivity index is 0. The van der Waals surface area contributed by atoms with E-state index in [0.29, 0.717) is 0 Å². The lowest BCUT2D eigenvalue weighted by molar-refractivity contribution is 1.31. The molecular weight excluding hydrogens is 191 g/mol. The Labute approximate surface area is 63.3 Å². The Hall–Kier alpha value is -0.0200. The first-order valence-electron chi connectivity index (χ1n) is 1.81. The molecule has 1 aromatic heterocycles. The van der Waals surface area contributed by atoms with Crippen LogP contribution in [-0.2, 0) is 0 Å². The lowest BCUT2D eigenvalue weighted by Crippen LogP contribution is -1.44. The molecule has 0 saturated heterocycles. The summed E-state index contributed by atoms with van der Waals surface area (Å²) in [6.45, 7) is 0. The van der Waals surface area contributed by atoms with Crippen molar-refractivity contribution >= 4 is 28.3 Å². The van der Waals surface area contributed by atoms with E-state index < -0.39 is 0 Å². The number of aromatic nitrogens is 2. The molecule has 2 nitrogen and oxygen atoms in total. The molecule has 4 heteroatoms. The van der Waals surface area contributed by atoms with Crippen molar-refractivity contribution in [1.29, 1.82) is 0 Å². The average Bonchev–Trinajstić information content (AvgIpc) is 2.23. The van der Waals surface area contributed by atoms with E-state index in [9.17, 15) is 0 Å². The summed E-state index contributed by atoms with van der Waals surface area (Å²) < 4.78 is 0. The van der Waals surface area contributed by atoms with Gasteiger partial charge in [-0.25, -0.2) is 4.98 Å². The fourth-order valence-corrected chi connectivity index (χ4v) is 0.215. The Morgan fingerprint density at radius 1 is 1.50 bits per heavy atom. The minimum absolute atomic E-state index is 0. The van der Waals surface area contributed by atoms with E-state index in [-0.39, 0.29) is 12.4 Å². The number of halogens is 2. The fourth-order valence-electron chi connectivity index (χ4n) is 0.215. The van der Waals surface area contributed by atoms with E-state index in [1.54, 1.807) is 18.7 Å². The highest BCUT2D eigenvalue weighted by Crippen LogP contribution is 1.62. The Morgan fingerprint density at radius 3 is 2.25 bits per heavy atom. The third-order valence-electron chi connectivity index (χ3n) is 0.406. The normalized spacial score (nSPS) is 5.75. The number of hydrogen-bond acceptors (Lipinski definition) is 1. The first-order chi connectivity index (χ1) is 3.50. The Kier molecular flexibility index (Phi) is 13.7. The second kappa shape index (κ2) is 10.1. The van der Waals surface area contributed by atoms with Gasteiger partial charge in [0.25, 0.3) is 0 Å². The molecule has 0 bridgehead atoms. The van der Waals surface area contributed by atoms with Crippen LogP contribution in [0.1, 0.15) is 0 Å². The molecule has 1 heterocycles. The summed E-state index contributed by atoms with van der Waals surface area (Å²) in [4.78, 5) is 6.42. The zero-order chi connectivity index (χ0) is 5.54. The van der Waals surface area contributed by atoms with Crippen molar-refractivity contribution in [2.24, 2.45) is 0 Å². The second-order valence-electron chi connectivity index (χ2n) is 0.761. The molecule has 48 valence electrons. The molecule has 1 N–H and O–H groups in total. The van der Waals surface area contributed by atoms with Crippen molar-refractivity contribution < 1.29 is 0 Å².